The zero-order valence-corrected chi connectivity index (χ0v) is 32.3. The van der Waals surface area contributed by atoms with Crippen LogP contribution >= 0.6 is 35.2 Å². The molecule has 0 radical (unpaired) electrons. The van der Waals surface area contributed by atoms with Gasteiger partial charge in [-0.1, -0.05) is 32.2 Å². The summed E-state index contributed by atoms with van der Waals surface area (Å²) in [6.07, 6.45) is -6.96. The van der Waals surface area contributed by atoms with E-state index in [9.17, 15) is 57.9 Å². The molecule has 29 heteroatoms. The summed E-state index contributed by atoms with van der Waals surface area (Å²) in [6.45, 7) is 3.92. The number of amides is 2. The molecule has 7 unspecified atom stereocenters. The number of likely N-dealkylation sites (N-methyl/N-ethyl adjacent to an activating group) is 1. The number of anilines is 1. The molecule has 1 fully saturated rings. The molecule has 54 heavy (non-hydrogen) atoms. The van der Waals surface area contributed by atoms with E-state index in [4.69, 9.17) is 19.5 Å². The number of phosphoric ester groups is 3. The smallest absolute Gasteiger partial charge is 0.386 e. The highest BCUT2D eigenvalue weighted by atomic mass is 32.2. The van der Waals surface area contributed by atoms with Crippen LogP contribution < -0.4 is 21.7 Å². The molecule has 0 bridgehead atoms. The number of phosphoric acid groups is 3. The number of nitrogens with two attached hydrogens (primary N) is 1. The number of aliphatic hydroxyl groups excluding tert-OH is 2. The number of nitrogens with one attached hydrogen (secondary N) is 3. The third-order valence-corrected chi connectivity index (χ3v) is 11.3. The number of aromatic nitrogens is 4. The minimum absolute atomic E-state index is 0.0279. The number of imidazole rings is 1. The second-order valence-electron chi connectivity index (χ2n) is 11.9. The SMILES string of the molecule is C=C(NC)C(=O)SCCNC(=O)CCNC(=O)C(O)C(C)(C)COP(=O)(O)OP(=O)(O)OCC1OC(n2cnc3c(N)ncnc32)C(O)C1OP(=O)(O)O. The number of aliphatic hydroxyl groups is 2. The first-order chi connectivity index (χ1) is 25.0. The third-order valence-electron chi connectivity index (χ3n) is 7.28. The summed E-state index contributed by atoms with van der Waals surface area (Å²) in [4.78, 5) is 87.0. The monoisotopic (exact) mass is 850 g/mol. The van der Waals surface area contributed by atoms with Crippen molar-refractivity contribution >= 4 is 69.1 Å². The van der Waals surface area contributed by atoms with Crippen molar-refractivity contribution in [2.75, 3.05) is 44.8 Å². The normalized spacial score (nSPS) is 21.9. The fourth-order valence-electron chi connectivity index (χ4n) is 4.46. The molecule has 1 aliphatic rings. The van der Waals surface area contributed by atoms with Crippen LogP contribution in [0.25, 0.3) is 11.2 Å². The minimum atomic E-state index is -5.57. The van der Waals surface area contributed by atoms with Crippen molar-refractivity contribution in [1.29, 1.82) is 0 Å². The largest absolute Gasteiger partial charge is 0.481 e. The van der Waals surface area contributed by atoms with Crippen LogP contribution in [0.2, 0.25) is 0 Å². The van der Waals surface area contributed by atoms with E-state index in [2.05, 4.69) is 46.3 Å². The first-order valence-electron chi connectivity index (χ1n) is 15.4. The maximum absolute atomic E-state index is 12.6. The van der Waals surface area contributed by atoms with Crippen LogP contribution in [0.5, 0.6) is 0 Å². The number of ether oxygens (including phenoxy) is 1. The molecule has 2 aromatic rings. The molecule has 2 amide bonds. The molecule has 3 heterocycles. The number of rotatable bonds is 21. The van der Waals surface area contributed by atoms with Gasteiger partial charge < -0.3 is 56.2 Å². The Kier molecular flexibility index (Phi) is 15.9. The van der Waals surface area contributed by atoms with Crippen LogP contribution in [-0.2, 0) is 50.7 Å². The van der Waals surface area contributed by atoms with Crippen LogP contribution in [0.15, 0.2) is 24.9 Å². The lowest BCUT2D eigenvalue weighted by molar-refractivity contribution is -0.137. The van der Waals surface area contributed by atoms with Gasteiger partial charge in [-0.15, -0.1) is 0 Å². The second-order valence-corrected chi connectivity index (χ2v) is 17.2. The summed E-state index contributed by atoms with van der Waals surface area (Å²) < 4.78 is 62.0. The summed E-state index contributed by atoms with van der Waals surface area (Å²) >= 11 is 0.941. The Morgan fingerprint density at radius 2 is 1.76 bits per heavy atom. The first kappa shape index (κ1) is 45.5. The lowest BCUT2D eigenvalue weighted by Crippen LogP contribution is -2.46. The molecule has 1 saturated heterocycles. The van der Waals surface area contributed by atoms with Crippen molar-refractivity contribution in [3.05, 3.63) is 24.9 Å². The first-order valence-corrected chi connectivity index (χ1v) is 20.9. The molecule has 11 N–H and O–H groups in total. The van der Waals surface area contributed by atoms with Crippen molar-refractivity contribution < 1.29 is 80.5 Å². The number of nitrogen functional groups attached to an aromatic ring is 1. The average Bonchev–Trinajstić information content (AvgIpc) is 3.64. The summed E-state index contributed by atoms with van der Waals surface area (Å²) in [5, 5.41) is 28.6. The number of carbonyl (C=O) groups excluding carboxylic acids is 3. The number of carbonyl (C=O) groups is 3. The maximum atomic E-state index is 12.6. The molecule has 304 valence electrons. The lowest BCUT2D eigenvalue weighted by atomic mass is 9.87. The van der Waals surface area contributed by atoms with Gasteiger partial charge in [0.1, 0.15) is 36.3 Å². The Hall–Kier alpha value is -2.90. The predicted molar refractivity (Wildman–Crippen MR) is 185 cm³/mol. The number of nitrogens with zero attached hydrogens (tertiary/aromatic N) is 4. The maximum Gasteiger partial charge on any atom is 0.481 e. The highest BCUT2D eigenvalue weighted by Crippen LogP contribution is 2.61. The van der Waals surface area contributed by atoms with Crippen LogP contribution in [0.4, 0.5) is 5.82 Å². The fraction of sp³-hybridized carbons (Fsp3) is 0.600. The van der Waals surface area contributed by atoms with Crippen LogP contribution in [0.1, 0.15) is 26.5 Å². The fourth-order valence-corrected chi connectivity index (χ4v) is 7.96. The second kappa shape index (κ2) is 18.8. The van der Waals surface area contributed by atoms with Gasteiger partial charge in [0, 0.05) is 37.7 Å². The van der Waals surface area contributed by atoms with E-state index in [1.807, 2.05) is 0 Å². The van der Waals surface area contributed by atoms with E-state index >= 15 is 0 Å². The lowest BCUT2D eigenvalue weighted by Gasteiger charge is -2.30. The Morgan fingerprint density at radius 3 is 2.41 bits per heavy atom. The summed E-state index contributed by atoms with van der Waals surface area (Å²) in [5.74, 6) is -1.23. The molecule has 0 saturated carbocycles. The zero-order chi connectivity index (χ0) is 40.6. The standard InChI is InChI=1S/C25H41N8O17P3S/c1-13(27-4)24(38)54-8-7-28-15(34)5-6-29-22(37)19(36)25(2,3)10-47-53(44,45)50-52(42,43)46-9-14-18(49-51(39,40)41)17(35)23(48-14)33-12-32-16-20(26)30-11-31-21(16)33/h11-12,14,17-19,23,27,35-36H,1,5-10H2,2-4H3,(H,28,34)(H,29,37)(H,42,43)(H,44,45)(H2,26,30,31)(H2,39,40,41). The molecule has 0 aromatic carbocycles. The van der Waals surface area contributed by atoms with Crippen LogP contribution in [-0.4, -0.2) is 130 Å². The Labute approximate surface area is 310 Å². The topological polar surface area (TPSA) is 376 Å². The zero-order valence-electron chi connectivity index (χ0n) is 28.8. The molecule has 25 nitrogen and oxygen atoms in total. The van der Waals surface area contributed by atoms with E-state index in [1.54, 1.807) is 7.05 Å². The molecule has 3 rings (SSSR count). The molecular weight excluding hydrogens is 809 g/mol. The van der Waals surface area contributed by atoms with Crippen LogP contribution in [0.3, 0.4) is 0 Å². The van der Waals surface area contributed by atoms with Crippen molar-refractivity contribution in [2.45, 2.75) is 50.9 Å². The van der Waals surface area contributed by atoms with Gasteiger partial charge in [-0.25, -0.2) is 28.6 Å². The van der Waals surface area contributed by atoms with Gasteiger partial charge in [0.15, 0.2) is 17.7 Å². The predicted octanol–water partition coefficient (Wildman–Crippen LogP) is -1.60. The molecule has 2 aromatic heterocycles. The van der Waals surface area contributed by atoms with Crippen molar-refractivity contribution in [2.24, 2.45) is 5.41 Å². The van der Waals surface area contributed by atoms with Crippen molar-refractivity contribution in [3.63, 3.8) is 0 Å². The van der Waals surface area contributed by atoms with Crippen molar-refractivity contribution in [1.82, 2.24) is 35.5 Å². The number of fused-ring (bicyclic) bond motifs is 1. The van der Waals surface area contributed by atoms with Gasteiger partial charge in [-0.2, -0.15) is 4.31 Å². The summed E-state index contributed by atoms with van der Waals surface area (Å²) in [5.41, 5.74) is 4.45. The summed E-state index contributed by atoms with van der Waals surface area (Å²) in [6, 6.07) is 0. The molecule has 0 spiro atoms. The Bertz CT molecular complexity index is 1830. The number of thioether (sulfide) groups is 1. The van der Waals surface area contributed by atoms with Crippen LogP contribution in [0, 0.1) is 5.41 Å². The third kappa shape index (κ3) is 13.1. The van der Waals surface area contributed by atoms with Gasteiger partial charge >= 0.3 is 23.5 Å². The van der Waals surface area contributed by atoms with Gasteiger partial charge in [0.05, 0.1) is 25.2 Å². The molecule has 1 aliphatic heterocycles. The molecular formula is C25H41N8O17P3S. The Morgan fingerprint density at radius 1 is 1.09 bits per heavy atom. The van der Waals surface area contributed by atoms with E-state index in [-0.39, 0.29) is 53.1 Å². The Balaban J connectivity index is 1.51. The highest BCUT2D eigenvalue weighted by Gasteiger charge is 2.50. The van der Waals surface area contributed by atoms with Crippen molar-refractivity contribution in [3.8, 4) is 0 Å². The minimum Gasteiger partial charge on any atom is -0.386 e. The van der Waals surface area contributed by atoms with E-state index in [1.165, 1.54) is 13.8 Å². The molecule has 0 aliphatic carbocycles. The van der Waals surface area contributed by atoms with Gasteiger partial charge in [0.2, 0.25) is 16.9 Å². The summed E-state index contributed by atoms with van der Waals surface area (Å²) in [7, 11) is -14.8. The number of hydrogen-bond acceptors (Lipinski definition) is 19. The average molecular weight is 851 g/mol. The quantitative estimate of drug-likeness (QED) is 0.0384. The van der Waals surface area contributed by atoms with E-state index in [0.717, 1.165) is 29.0 Å². The molecule has 7 atom stereocenters. The van der Waals surface area contributed by atoms with Gasteiger partial charge in [0.25, 0.3) is 0 Å². The van der Waals surface area contributed by atoms with E-state index in [0.29, 0.717) is 0 Å². The number of hydrogen-bond donors (Lipinski definition) is 10. The van der Waals surface area contributed by atoms with E-state index < -0.39 is 84.6 Å². The van der Waals surface area contributed by atoms with Gasteiger partial charge in [-0.05, 0) is 0 Å². The van der Waals surface area contributed by atoms with Gasteiger partial charge in [-0.3, -0.25) is 32.5 Å². The highest BCUT2D eigenvalue weighted by molar-refractivity contribution is 8.14.